The monoisotopic (exact) mass is 375 g/mol. The van der Waals surface area contributed by atoms with Gasteiger partial charge in [-0.15, -0.1) is 5.10 Å². The van der Waals surface area contributed by atoms with Gasteiger partial charge in [-0.3, -0.25) is 4.79 Å². The highest BCUT2D eigenvalue weighted by Crippen LogP contribution is 2.53. The Morgan fingerprint density at radius 2 is 1.93 bits per heavy atom. The van der Waals surface area contributed by atoms with Gasteiger partial charge in [0, 0.05) is 0 Å². The second-order valence-corrected chi connectivity index (χ2v) is 8.63. The highest BCUT2D eigenvalue weighted by Gasteiger charge is 2.50. The van der Waals surface area contributed by atoms with Crippen LogP contribution in [0.25, 0.3) is 0 Å². The third-order valence-electron chi connectivity index (χ3n) is 6.97. The van der Waals surface area contributed by atoms with E-state index in [4.69, 9.17) is 4.74 Å². The fourth-order valence-electron chi connectivity index (χ4n) is 4.80. The summed E-state index contributed by atoms with van der Waals surface area (Å²) in [5.74, 6) is 2.10. The summed E-state index contributed by atoms with van der Waals surface area (Å²) in [5, 5.41) is 8.89. The molecule has 1 aromatic heterocycles. The van der Waals surface area contributed by atoms with Crippen molar-refractivity contribution < 1.29 is 9.53 Å². The Kier molecular flexibility index (Phi) is 6.93. The first-order valence-electron chi connectivity index (χ1n) is 11.2. The molecule has 0 aliphatic heterocycles. The zero-order valence-electron chi connectivity index (χ0n) is 17.6. The Morgan fingerprint density at radius 3 is 2.59 bits per heavy atom. The predicted octanol–water partition coefficient (Wildman–Crippen LogP) is 4.75. The van der Waals surface area contributed by atoms with E-state index in [0.29, 0.717) is 30.4 Å². The Hall–Kier alpha value is -1.39. The molecule has 1 aromatic rings. The molecule has 2 aliphatic rings. The van der Waals surface area contributed by atoms with Crippen molar-refractivity contribution in [3.8, 4) is 0 Å². The first kappa shape index (κ1) is 20.3. The number of nitrogens with zero attached hydrogens (tertiary/aromatic N) is 3. The number of hydrogen-bond acceptors (Lipinski definition) is 4. The Balaban J connectivity index is 1.52. The molecule has 0 N–H and O–H groups in total. The van der Waals surface area contributed by atoms with Crippen LogP contribution >= 0.6 is 0 Å². The molecule has 0 radical (unpaired) electrons. The largest absolute Gasteiger partial charge is 0.465 e. The number of carbonyl (C=O) groups is 1. The van der Waals surface area contributed by atoms with E-state index >= 15 is 0 Å². The van der Waals surface area contributed by atoms with Gasteiger partial charge in [0.15, 0.2) is 0 Å². The second kappa shape index (κ2) is 9.20. The van der Waals surface area contributed by atoms with E-state index in [1.165, 1.54) is 17.8 Å². The average molecular weight is 376 g/mol. The smallest absolute Gasteiger partial charge is 0.308 e. The van der Waals surface area contributed by atoms with Crippen LogP contribution in [0.4, 0.5) is 0 Å². The maximum Gasteiger partial charge on any atom is 0.308 e. The van der Waals surface area contributed by atoms with Crippen LogP contribution in [0.3, 0.4) is 0 Å². The number of rotatable bonds is 9. The van der Waals surface area contributed by atoms with Gasteiger partial charge in [0.2, 0.25) is 0 Å². The summed E-state index contributed by atoms with van der Waals surface area (Å²) in [6, 6.07) is 0.418. The van der Waals surface area contributed by atoms with Gasteiger partial charge in [0.05, 0.1) is 30.0 Å². The minimum absolute atomic E-state index is 0.0302. The molecule has 0 spiro atoms. The molecule has 5 atom stereocenters. The topological polar surface area (TPSA) is 57.0 Å². The number of unbranched alkanes of at least 4 members (excludes halogenated alkanes) is 1. The van der Waals surface area contributed by atoms with Crippen molar-refractivity contribution in [2.24, 2.45) is 23.7 Å². The van der Waals surface area contributed by atoms with E-state index in [2.05, 4.69) is 42.7 Å². The molecule has 152 valence electrons. The summed E-state index contributed by atoms with van der Waals surface area (Å²) in [6.07, 6.45) is 9.61. The van der Waals surface area contributed by atoms with E-state index < -0.39 is 0 Å². The standard InChI is InChI=1S/C22H37N3O2/c1-5-8-9-16(7-3)22(26)27-14-19-17-10-12-20-21(13-11-18(17)19)25(24-23-20)15(4)6-2/h15-19H,5-14H2,1-4H3. The van der Waals surface area contributed by atoms with Crippen LogP contribution in [0.2, 0.25) is 0 Å². The molecule has 1 saturated carbocycles. The minimum atomic E-state index is 0.0302. The van der Waals surface area contributed by atoms with Gasteiger partial charge in [-0.25, -0.2) is 4.68 Å². The first-order valence-corrected chi connectivity index (χ1v) is 11.2. The van der Waals surface area contributed by atoms with Crippen LogP contribution in [0, 0.1) is 23.7 Å². The van der Waals surface area contributed by atoms with Crippen molar-refractivity contribution in [3.05, 3.63) is 11.4 Å². The molecule has 5 unspecified atom stereocenters. The molecule has 0 saturated heterocycles. The molecular formula is C22H37N3O2. The molecule has 1 fully saturated rings. The van der Waals surface area contributed by atoms with Crippen molar-refractivity contribution in [1.29, 1.82) is 0 Å². The summed E-state index contributed by atoms with van der Waals surface area (Å²) in [4.78, 5) is 12.4. The molecule has 0 amide bonds. The normalized spacial score (nSPS) is 26.3. The van der Waals surface area contributed by atoms with Crippen molar-refractivity contribution >= 4 is 5.97 Å². The molecule has 2 aliphatic carbocycles. The van der Waals surface area contributed by atoms with Gasteiger partial charge in [0.1, 0.15) is 0 Å². The van der Waals surface area contributed by atoms with Gasteiger partial charge in [-0.1, -0.05) is 38.8 Å². The Bertz CT molecular complexity index is 627. The molecule has 3 rings (SSSR count). The molecule has 5 heteroatoms. The zero-order chi connectivity index (χ0) is 19.4. The van der Waals surface area contributed by atoms with Crippen LogP contribution in [-0.2, 0) is 22.4 Å². The van der Waals surface area contributed by atoms with Crippen LogP contribution in [0.5, 0.6) is 0 Å². The predicted molar refractivity (Wildman–Crippen MR) is 106 cm³/mol. The molecule has 5 nitrogen and oxygen atoms in total. The van der Waals surface area contributed by atoms with Crippen LogP contribution in [0.15, 0.2) is 0 Å². The van der Waals surface area contributed by atoms with Crippen molar-refractivity contribution in [3.63, 3.8) is 0 Å². The maximum atomic E-state index is 12.4. The van der Waals surface area contributed by atoms with E-state index in [1.807, 2.05) is 0 Å². The lowest BCUT2D eigenvalue weighted by molar-refractivity contribution is -0.149. The molecule has 1 heterocycles. The third kappa shape index (κ3) is 4.55. The van der Waals surface area contributed by atoms with Crippen LogP contribution in [0.1, 0.15) is 90.1 Å². The number of aromatic nitrogens is 3. The number of esters is 1. The van der Waals surface area contributed by atoms with Gasteiger partial charge >= 0.3 is 5.97 Å². The number of aryl methyl sites for hydroxylation is 1. The lowest BCUT2D eigenvalue weighted by Crippen LogP contribution is -2.18. The van der Waals surface area contributed by atoms with Crippen LogP contribution in [-0.4, -0.2) is 27.6 Å². The van der Waals surface area contributed by atoms with E-state index in [-0.39, 0.29) is 11.9 Å². The lowest BCUT2D eigenvalue weighted by atomic mass is 10.00. The molecule has 0 aromatic carbocycles. The van der Waals surface area contributed by atoms with Crippen LogP contribution < -0.4 is 0 Å². The van der Waals surface area contributed by atoms with Gasteiger partial charge in [-0.2, -0.15) is 0 Å². The fraction of sp³-hybridized carbons (Fsp3) is 0.864. The third-order valence-corrected chi connectivity index (χ3v) is 6.97. The number of ether oxygens (including phenoxy) is 1. The van der Waals surface area contributed by atoms with E-state index in [1.54, 1.807) is 0 Å². The van der Waals surface area contributed by atoms with E-state index in [9.17, 15) is 4.79 Å². The quantitative estimate of drug-likeness (QED) is 0.585. The minimum Gasteiger partial charge on any atom is -0.465 e. The number of hydrogen-bond donors (Lipinski definition) is 0. The molecule has 27 heavy (non-hydrogen) atoms. The van der Waals surface area contributed by atoms with E-state index in [0.717, 1.165) is 51.4 Å². The first-order chi connectivity index (χ1) is 13.1. The second-order valence-electron chi connectivity index (χ2n) is 8.63. The SMILES string of the molecule is CCCCC(CC)C(=O)OCC1C2CCc3nnn(C(C)CC)c3CCC21. The van der Waals surface area contributed by atoms with Gasteiger partial charge in [-0.05, 0) is 69.6 Å². The van der Waals surface area contributed by atoms with Crippen molar-refractivity contribution in [1.82, 2.24) is 15.0 Å². The maximum absolute atomic E-state index is 12.4. The molecular weight excluding hydrogens is 338 g/mol. The summed E-state index contributed by atoms with van der Waals surface area (Å²) in [5.41, 5.74) is 2.54. The summed E-state index contributed by atoms with van der Waals surface area (Å²) in [7, 11) is 0. The highest BCUT2D eigenvalue weighted by atomic mass is 16.5. The average Bonchev–Trinajstić information content (AvgIpc) is 3.16. The van der Waals surface area contributed by atoms with Crippen molar-refractivity contribution in [2.75, 3.05) is 6.61 Å². The van der Waals surface area contributed by atoms with Crippen molar-refractivity contribution in [2.45, 2.75) is 91.5 Å². The fourth-order valence-corrected chi connectivity index (χ4v) is 4.80. The summed E-state index contributed by atoms with van der Waals surface area (Å²) in [6.45, 7) is 9.31. The Morgan fingerprint density at radius 1 is 1.19 bits per heavy atom. The lowest BCUT2D eigenvalue weighted by Gasteiger charge is -2.14. The highest BCUT2D eigenvalue weighted by molar-refractivity contribution is 5.72. The number of carbonyl (C=O) groups excluding carboxylic acids is 1. The summed E-state index contributed by atoms with van der Waals surface area (Å²) < 4.78 is 7.90. The summed E-state index contributed by atoms with van der Waals surface area (Å²) >= 11 is 0. The zero-order valence-corrected chi connectivity index (χ0v) is 17.6. The Labute approximate surface area is 164 Å². The van der Waals surface area contributed by atoms with Gasteiger partial charge in [0.25, 0.3) is 0 Å². The molecule has 0 bridgehead atoms. The number of fused-ring (bicyclic) bond motifs is 2. The van der Waals surface area contributed by atoms with Gasteiger partial charge < -0.3 is 4.74 Å².